The van der Waals surface area contributed by atoms with Crippen LogP contribution in [0.4, 0.5) is 4.39 Å². The highest BCUT2D eigenvalue weighted by molar-refractivity contribution is 7.90. The smallest absolute Gasteiger partial charge is 0.175 e. The maximum Gasteiger partial charge on any atom is 0.175 e. The Morgan fingerprint density at radius 2 is 1.61 bits per heavy atom. The molecular weight excluding hydrogens is 437 g/mol. The number of amidine groups is 1. The van der Waals surface area contributed by atoms with Crippen LogP contribution in [0.1, 0.15) is 22.3 Å². The zero-order chi connectivity index (χ0) is 23.2. The summed E-state index contributed by atoms with van der Waals surface area (Å²) < 4.78 is 37.8. The van der Waals surface area contributed by atoms with Gasteiger partial charge in [-0.15, -0.1) is 0 Å². The first-order chi connectivity index (χ1) is 15.8. The molecule has 0 fully saturated rings. The summed E-state index contributed by atoms with van der Waals surface area (Å²) in [6.45, 7) is 0. The van der Waals surface area contributed by atoms with E-state index in [2.05, 4.69) is 4.98 Å². The lowest BCUT2D eigenvalue weighted by atomic mass is 9.77. The zero-order valence-electron chi connectivity index (χ0n) is 17.7. The Labute approximate surface area is 191 Å². The summed E-state index contributed by atoms with van der Waals surface area (Å²) in [5, 5.41) is 0. The molecule has 1 aliphatic heterocycles. The molecule has 1 atom stereocenters. The molecule has 2 N–H and O–H groups in total. The molecule has 4 aromatic rings. The maximum absolute atomic E-state index is 13.8. The summed E-state index contributed by atoms with van der Waals surface area (Å²) >= 11 is 0. The van der Waals surface area contributed by atoms with Crippen molar-refractivity contribution in [1.82, 2.24) is 4.98 Å². The van der Waals surface area contributed by atoms with Crippen molar-refractivity contribution in [2.24, 2.45) is 10.7 Å². The lowest BCUT2D eigenvalue weighted by Crippen LogP contribution is -2.25. The van der Waals surface area contributed by atoms with Crippen LogP contribution in [0.25, 0.3) is 11.1 Å². The van der Waals surface area contributed by atoms with Gasteiger partial charge < -0.3 is 5.73 Å². The summed E-state index contributed by atoms with van der Waals surface area (Å²) in [6, 6.07) is 23.5. The largest absolute Gasteiger partial charge is 0.383 e. The molecule has 164 valence electrons. The van der Waals surface area contributed by atoms with E-state index in [-0.39, 0.29) is 4.90 Å². The average molecular weight is 458 g/mol. The Balaban J connectivity index is 1.77. The van der Waals surface area contributed by atoms with Crippen molar-refractivity contribution in [2.75, 3.05) is 6.26 Å². The van der Waals surface area contributed by atoms with E-state index in [0.29, 0.717) is 11.4 Å². The van der Waals surface area contributed by atoms with Gasteiger partial charge in [0, 0.05) is 23.6 Å². The van der Waals surface area contributed by atoms with Gasteiger partial charge in [-0.3, -0.25) is 4.98 Å². The molecule has 1 aliphatic rings. The molecule has 7 heteroatoms. The topological polar surface area (TPSA) is 85.4 Å². The highest BCUT2D eigenvalue weighted by Gasteiger charge is 2.42. The van der Waals surface area contributed by atoms with Crippen LogP contribution in [-0.2, 0) is 15.4 Å². The normalized spacial score (nSPS) is 17.5. The second-order valence-electron chi connectivity index (χ2n) is 8.02. The first-order valence-electron chi connectivity index (χ1n) is 10.3. The third kappa shape index (κ3) is 3.50. The van der Waals surface area contributed by atoms with Gasteiger partial charge in [0.15, 0.2) is 9.84 Å². The molecule has 33 heavy (non-hydrogen) atoms. The molecule has 0 aliphatic carbocycles. The van der Waals surface area contributed by atoms with Crippen molar-refractivity contribution in [3.8, 4) is 11.1 Å². The predicted octanol–water partition coefficient (Wildman–Crippen LogP) is 4.30. The van der Waals surface area contributed by atoms with E-state index in [1.165, 1.54) is 12.3 Å². The quantitative estimate of drug-likeness (QED) is 0.495. The van der Waals surface area contributed by atoms with Gasteiger partial charge in [0.2, 0.25) is 0 Å². The molecule has 0 spiro atoms. The van der Waals surface area contributed by atoms with Crippen molar-refractivity contribution in [3.05, 3.63) is 119 Å². The van der Waals surface area contributed by atoms with Gasteiger partial charge in [-0.1, -0.05) is 54.6 Å². The van der Waals surface area contributed by atoms with Gasteiger partial charge in [0.25, 0.3) is 0 Å². The van der Waals surface area contributed by atoms with Crippen molar-refractivity contribution in [1.29, 1.82) is 0 Å². The molecule has 1 aromatic heterocycles. The monoisotopic (exact) mass is 457 g/mol. The van der Waals surface area contributed by atoms with Gasteiger partial charge >= 0.3 is 0 Å². The van der Waals surface area contributed by atoms with Crippen LogP contribution in [0.15, 0.2) is 101 Å². The second kappa shape index (κ2) is 7.64. The average Bonchev–Trinajstić information content (AvgIpc) is 3.12. The van der Waals surface area contributed by atoms with E-state index in [1.807, 2.05) is 48.5 Å². The Morgan fingerprint density at radius 3 is 2.33 bits per heavy atom. The molecule has 5 rings (SSSR count). The third-order valence-electron chi connectivity index (χ3n) is 5.90. The fourth-order valence-electron chi connectivity index (χ4n) is 4.37. The van der Waals surface area contributed by atoms with E-state index >= 15 is 0 Å². The van der Waals surface area contributed by atoms with Gasteiger partial charge in [0.1, 0.15) is 17.2 Å². The molecular formula is C26H20FN3O2S. The molecule has 2 heterocycles. The molecule has 0 saturated carbocycles. The number of hydrogen-bond donors (Lipinski definition) is 1. The van der Waals surface area contributed by atoms with Crippen LogP contribution < -0.4 is 5.73 Å². The van der Waals surface area contributed by atoms with E-state index in [1.54, 1.807) is 30.5 Å². The highest BCUT2D eigenvalue weighted by Crippen LogP contribution is 2.46. The summed E-state index contributed by atoms with van der Waals surface area (Å²) in [4.78, 5) is 9.12. The fourth-order valence-corrected chi connectivity index (χ4v) is 5.00. The Morgan fingerprint density at radius 1 is 0.848 bits per heavy atom. The molecule has 0 amide bonds. The summed E-state index contributed by atoms with van der Waals surface area (Å²) in [6.07, 6.45) is 3.95. The zero-order valence-corrected chi connectivity index (χ0v) is 18.6. The van der Waals surface area contributed by atoms with Gasteiger partial charge in [-0.2, -0.15) is 0 Å². The van der Waals surface area contributed by atoms with E-state index in [0.717, 1.165) is 34.0 Å². The van der Waals surface area contributed by atoms with Gasteiger partial charge in [0.05, 0.1) is 11.1 Å². The van der Waals surface area contributed by atoms with Crippen molar-refractivity contribution in [3.63, 3.8) is 0 Å². The molecule has 3 aromatic carbocycles. The summed E-state index contributed by atoms with van der Waals surface area (Å²) in [5.41, 5.74) is 10.1. The fraction of sp³-hybridized carbons (Fsp3) is 0.0769. The summed E-state index contributed by atoms with van der Waals surface area (Å²) in [5.74, 6) is -0.0203. The van der Waals surface area contributed by atoms with Crippen LogP contribution in [-0.4, -0.2) is 25.5 Å². The Bertz CT molecular complexity index is 1510. The highest BCUT2D eigenvalue weighted by atomic mass is 32.2. The number of aliphatic imine (C=N–C) groups is 1. The minimum absolute atomic E-state index is 0.226. The lowest BCUT2D eigenvalue weighted by Gasteiger charge is -2.29. The number of hydrogen-bond acceptors (Lipinski definition) is 5. The van der Waals surface area contributed by atoms with Crippen molar-refractivity contribution >= 4 is 15.7 Å². The number of nitrogens with zero attached hydrogens (tertiary/aromatic N) is 2. The molecule has 0 radical (unpaired) electrons. The van der Waals surface area contributed by atoms with Crippen LogP contribution in [0.3, 0.4) is 0 Å². The first-order valence-corrected chi connectivity index (χ1v) is 12.2. The molecule has 0 bridgehead atoms. The number of benzene rings is 3. The van der Waals surface area contributed by atoms with E-state index in [9.17, 15) is 12.8 Å². The predicted molar refractivity (Wildman–Crippen MR) is 126 cm³/mol. The summed E-state index contributed by atoms with van der Waals surface area (Å²) in [7, 11) is -3.35. The third-order valence-corrected chi connectivity index (χ3v) is 7.03. The van der Waals surface area contributed by atoms with E-state index in [4.69, 9.17) is 10.7 Å². The van der Waals surface area contributed by atoms with Crippen LogP contribution in [0.2, 0.25) is 0 Å². The first kappa shape index (κ1) is 21.0. The van der Waals surface area contributed by atoms with Crippen LogP contribution in [0.5, 0.6) is 0 Å². The van der Waals surface area contributed by atoms with E-state index < -0.39 is 21.2 Å². The number of aromatic nitrogens is 1. The minimum Gasteiger partial charge on any atom is -0.383 e. The standard InChI is InChI=1S/C26H20FN3O2S/c1-33(31,32)22-11-9-19(10-12-22)26(24-8-3-2-7-23(24)25(28)30-26)20-6-4-5-17(13-20)18-14-21(27)16-29-15-18/h2-16H,1H3,(H2,28,30). The van der Waals surface area contributed by atoms with Crippen LogP contribution in [0, 0.1) is 5.82 Å². The molecule has 0 saturated heterocycles. The number of rotatable bonds is 4. The SMILES string of the molecule is CS(=O)(=O)c1ccc(C2(c3cccc(-c4cncc(F)c4)c3)N=C(N)c3ccccc32)cc1. The van der Waals surface area contributed by atoms with Crippen molar-refractivity contribution < 1.29 is 12.8 Å². The minimum atomic E-state index is -3.35. The Kier molecular flexibility index (Phi) is 4.87. The van der Waals surface area contributed by atoms with Gasteiger partial charge in [-0.05, 0) is 46.5 Å². The van der Waals surface area contributed by atoms with Gasteiger partial charge in [-0.25, -0.2) is 17.8 Å². The number of fused-ring (bicyclic) bond motifs is 1. The number of halogens is 1. The number of nitrogens with two attached hydrogens (primary N) is 1. The maximum atomic E-state index is 13.8. The lowest BCUT2D eigenvalue weighted by molar-refractivity contribution is 0.601. The number of pyridine rings is 1. The molecule has 5 nitrogen and oxygen atoms in total. The van der Waals surface area contributed by atoms with Crippen LogP contribution >= 0.6 is 0 Å². The number of sulfone groups is 1. The second-order valence-corrected chi connectivity index (χ2v) is 10.0. The van der Waals surface area contributed by atoms with Crippen molar-refractivity contribution in [2.45, 2.75) is 10.4 Å². The molecule has 1 unspecified atom stereocenters. The Hall–Kier alpha value is -3.84.